The molecule has 4 atom stereocenters. The van der Waals surface area contributed by atoms with Gasteiger partial charge >= 0.3 is 11.9 Å². The van der Waals surface area contributed by atoms with Gasteiger partial charge in [-0.1, -0.05) is 87.0 Å². The molecule has 2 unspecified atom stereocenters. The number of rotatable bonds is 8. The molecule has 1 aliphatic rings. The van der Waals surface area contributed by atoms with E-state index in [4.69, 9.17) is 25.8 Å². The SMILES string of the molecule is COc1ccc(CC2NC(=O)/C=C/CC(C/C=C/c3ccccc3)OC(=O)[C@H](CC(C)C)OC(=O)[C@H](C)CNC2=O)cc1Cl. The van der Waals surface area contributed by atoms with Gasteiger partial charge in [0.25, 0.3) is 0 Å². The predicted octanol–water partition coefficient (Wildman–Crippen LogP) is 5.06. The first-order valence-electron chi connectivity index (χ1n) is 14.8. The normalized spacial score (nSPS) is 23.0. The Labute approximate surface area is 264 Å². The molecule has 2 aromatic carbocycles. The Morgan fingerprint density at radius 3 is 2.48 bits per heavy atom. The number of halogens is 1. The molecular formula is C34H41ClN2O7. The molecule has 1 aliphatic heterocycles. The van der Waals surface area contributed by atoms with Crippen molar-refractivity contribution in [2.45, 2.75) is 64.7 Å². The lowest BCUT2D eigenvalue weighted by molar-refractivity contribution is -0.174. The Morgan fingerprint density at radius 1 is 1.05 bits per heavy atom. The van der Waals surface area contributed by atoms with Crippen LogP contribution in [0.15, 0.2) is 66.8 Å². The first-order valence-corrected chi connectivity index (χ1v) is 15.1. The highest BCUT2D eigenvalue weighted by atomic mass is 35.5. The van der Waals surface area contributed by atoms with E-state index < -0.39 is 47.9 Å². The lowest BCUT2D eigenvalue weighted by Gasteiger charge is -2.24. The van der Waals surface area contributed by atoms with Crippen LogP contribution in [0.25, 0.3) is 6.08 Å². The van der Waals surface area contributed by atoms with E-state index in [0.29, 0.717) is 22.8 Å². The summed E-state index contributed by atoms with van der Waals surface area (Å²) in [7, 11) is 1.50. The largest absolute Gasteiger partial charge is 0.495 e. The third kappa shape index (κ3) is 11.2. The van der Waals surface area contributed by atoms with E-state index in [2.05, 4.69) is 10.6 Å². The Morgan fingerprint density at radius 2 is 1.80 bits per heavy atom. The Balaban J connectivity index is 1.85. The van der Waals surface area contributed by atoms with Gasteiger partial charge in [0.05, 0.1) is 18.1 Å². The van der Waals surface area contributed by atoms with E-state index in [1.54, 1.807) is 31.2 Å². The van der Waals surface area contributed by atoms with E-state index in [1.165, 1.54) is 13.2 Å². The van der Waals surface area contributed by atoms with Crippen LogP contribution in [0.2, 0.25) is 5.02 Å². The maximum atomic E-state index is 13.2. The minimum Gasteiger partial charge on any atom is -0.495 e. The fourth-order valence-electron chi connectivity index (χ4n) is 4.52. The van der Waals surface area contributed by atoms with Crippen LogP contribution in [0.5, 0.6) is 5.75 Å². The highest BCUT2D eigenvalue weighted by Gasteiger charge is 2.30. The number of esters is 2. The van der Waals surface area contributed by atoms with E-state index in [1.807, 2.05) is 56.3 Å². The molecule has 3 rings (SSSR count). The zero-order valence-corrected chi connectivity index (χ0v) is 26.3. The van der Waals surface area contributed by atoms with Gasteiger partial charge in [-0.05, 0) is 41.7 Å². The molecule has 2 aromatic rings. The molecule has 0 aromatic heterocycles. The minimum absolute atomic E-state index is 0.0492. The van der Waals surface area contributed by atoms with Crippen molar-refractivity contribution in [3.8, 4) is 5.75 Å². The molecule has 236 valence electrons. The second kappa shape index (κ2) is 17.3. The molecular weight excluding hydrogens is 584 g/mol. The van der Waals surface area contributed by atoms with Gasteiger partial charge in [0, 0.05) is 25.8 Å². The first kappa shape index (κ1) is 34.4. The van der Waals surface area contributed by atoms with Gasteiger partial charge in [0.2, 0.25) is 11.8 Å². The number of amides is 2. The highest BCUT2D eigenvalue weighted by molar-refractivity contribution is 6.32. The zero-order chi connectivity index (χ0) is 32.1. The van der Waals surface area contributed by atoms with Gasteiger partial charge in [-0.25, -0.2) is 4.79 Å². The molecule has 0 aliphatic carbocycles. The fraction of sp³-hybridized carbons (Fsp3) is 0.412. The van der Waals surface area contributed by atoms with Crippen molar-refractivity contribution in [3.05, 3.63) is 82.9 Å². The summed E-state index contributed by atoms with van der Waals surface area (Å²) in [5.74, 6) is -2.48. The molecule has 0 spiro atoms. The van der Waals surface area contributed by atoms with Crippen LogP contribution in [0.1, 0.15) is 51.2 Å². The Hall–Kier alpha value is -4.11. The lowest BCUT2D eigenvalue weighted by atomic mass is 10.0. The summed E-state index contributed by atoms with van der Waals surface area (Å²) in [5, 5.41) is 5.84. The standard InChI is InChI=1S/C34H41ClN2O7/c1-22(2)18-30-34(41)43-26(13-8-12-24-10-6-5-7-11-24)14-9-15-31(38)37-28(32(39)36-21-23(3)33(40)44-30)20-25-16-17-29(42-4)27(35)19-25/h5-12,15-17,19,22-23,26,28,30H,13-14,18,20-21H2,1-4H3,(H,36,39)(H,37,38)/b12-8+,15-9+/t23-,26?,28?,30+/m1/s1. The highest BCUT2D eigenvalue weighted by Crippen LogP contribution is 2.25. The minimum atomic E-state index is -1.10. The molecule has 0 radical (unpaired) electrons. The van der Waals surface area contributed by atoms with Crippen LogP contribution in [0.4, 0.5) is 0 Å². The Kier molecular flexibility index (Phi) is 13.5. The number of carbonyl (C=O) groups excluding carboxylic acids is 4. The maximum absolute atomic E-state index is 13.2. The molecule has 0 saturated carbocycles. The topological polar surface area (TPSA) is 120 Å². The molecule has 10 heteroatoms. The summed E-state index contributed by atoms with van der Waals surface area (Å²) in [4.78, 5) is 52.4. The van der Waals surface area contributed by atoms with Crippen LogP contribution < -0.4 is 15.4 Å². The van der Waals surface area contributed by atoms with E-state index >= 15 is 0 Å². The van der Waals surface area contributed by atoms with Gasteiger partial charge in [0.1, 0.15) is 17.9 Å². The molecule has 0 bridgehead atoms. The molecule has 1 heterocycles. The summed E-state index contributed by atoms with van der Waals surface area (Å²) in [6.45, 7) is 5.38. The predicted molar refractivity (Wildman–Crippen MR) is 169 cm³/mol. The fourth-order valence-corrected chi connectivity index (χ4v) is 4.80. The van der Waals surface area contributed by atoms with Crippen molar-refractivity contribution in [2.24, 2.45) is 11.8 Å². The van der Waals surface area contributed by atoms with Crippen molar-refractivity contribution in [3.63, 3.8) is 0 Å². The second-order valence-electron chi connectivity index (χ2n) is 11.2. The van der Waals surface area contributed by atoms with Gasteiger partial charge in [0.15, 0.2) is 6.10 Å². The number of cyclic esters (lactones) is 2. The first-order chi connectivity index (χ1) is 21.0. The number of methoxy groups -OCH3 is 1. The van der Waals surface area contributed by atoms with Crippen molar-refractivity contribution in [1.29, 1.82) is 0 Å². The number of ether oxygens (including phenoxy) is 3. The van der Waals surface area contributed by atoms with E-state index in [0.717, 1.165) is 5.56 Å². The number of hydrogen-bond donors (Lipinski definition) is 2. The van der Waals surface area contributed by atoms with Crippen LogP contribution >= 0.6 is 11.6 Å². The quantitative estimate of drug-likeness (QED) is 0.394. The van der Waals surface area contributed by atoms with Crippen LogP contribution in [0, 0.1) is 11.8 Å². The molecule has 2 N–H and O–H groups in total. The number of benzene rings is 2. The van der Waals surface area contributed by atoms with Gasteiger partial charge in [-0.15, -0.1) is 0 Å². The third-order valence-corrected chi connectivity index (χ3v) is 7.24. The Bertz CT molecular complexity index is 1340. The summed E-state index contributed by atoms with van der Waals surface area (Å²) in [5.41, 5.74) is 1.70. The second-order valence-corrected chi connectivity index (χ2v) is 11.6. The average molecular weight is 625 g/mol. The van der Waals surface area contributed by atoms with Gasteiger partial charge in [-0.2, -0.15) is 0 Å². The summed E-state index contributed by atoms with van der Waals surface area (Å²) >= 11 is 6.28. The number of nitrogens with one attached hydrogen (secondary N) is 2. The summed E-state index contributed by atoms with van der Waals surface area (Å²) in [6.07, 6.45) is 6.03. The van der Waals surface area contributed by atoms with E-state index in [-0.39, 0.29) is 31.7 Å². The maximum Gasteiger partial charge on any atom is 0.347 e. The molecule has 2 amide bonds. The van der Waals surface area contributed by atoms with Crippen molar-refractivity contribution < 1.29 is 33.4 Å². The van der Waals surface area contributed by atoms with Crippen LogP contribution in [-0.4, -0.2) is 55.7 Å². The molecule has 44 heavy (non-hydrogen) atoms. The van der Waals surface area contributed by atoms with Crippen molar-refractivity contribution in [1.82, 2.24) is 10.6 Å². The molecule has 0 saturated heterocycles. The average Bonchev–Trinajstić information content (AvgIpc) is 2.98. The zero-order valence-electron chi connectivity index (χ0n) is 25.6. The summed E-state index contributed by atoms with van der Waals surface area (Å²) < 4.78 is 16.7. The molecule has 9 nitrogen and oxygen atoms in total. The lowest BCUT2D eigenvalue weighted by Crippen LogP contribution is -2.49. The van der Waals surface area contributed by atoms with Crippen molar-refractivity contribution >= 4 is 41.4 Å². The third-order valence-electron chi connectivity index (χ3n) is 6.94. The van der Waals surface area contributed by atoms with Crippen LogP contribution in [-0.2, 0) is 35.1 Å². The van der Waals surface area contributed by atoms with Gasteiger partial charge in [-0.3, -0.25) is 14.4 Å². The molecule has 0 fully saturated rings. The van der Waals surface area contributed by atoms with E-state index in [9.17, 15) is 19.2 Å². The van der Waals surface area contributed by atoms with Crippen LogP contribution in [0.3, 0.4) is 0 Å². The number of hydrogen-bond acceptors (Lipinski definition) is 7. The summed E-state index contributed by atoms with van der Waals surface area (Å²) in [6, 6.07) is 13.9. The number of carbonyl (C=O) groups is 4. The van der Waals surface area contributed by atoms with Gasteiger partial charge < -0.3 is 24.8 Å². The smallest absolute Gasteiger partial charge is 0.347 e. The monoisotopic (exact) mass is 624 g/mol. The van der Waals surface area contributed by atoms with Crippen molar-refractivity contribution in [2.75, 3.05) is 13.7 Å².